The Hall–Kier alpha value is -4.33. The fraction of sp³-hybridized carbons (Fsp3) is 0.125. The van der Waals surface area contributed by atoms with E-state index in [1.165, 1.54) is 9.47 Å². The van der Waals surface area contributed by atoms with Gasteiger partial charge in [0, 0.05) is 12.7 Å². The van der Waals surface area contributed by atoms with Crippen molar-refractivity contribution in [2.45, 2.75) is 6.54 Å². The van der Waals surface area contributed by atoms with Crippen LogP contribution in [0.1, 0.15) is 0 Å². The third-order valence-electron chi connectivity index (χ3n) is 5.02. The lowest BCUT2D eigenvalue weighted by atomic mass is 10.1. The van der Waals surface area contributed by atoms with Crippen molar-refractivity contribution in [3.63, 3.8) is 0 Å². The van der Waals surface area contributed by atoms with Crippen molar-refractivity contribution in [3.05, 3.63) is 83.3 Å². The number of aromatic nitrogens is 1. The van der Waals surface area contributed by atoms with Crippen LogP contribution in [0.2, 0.25) is 0 Å². The number of benzene rings is 3. The number of amides is 1. The number of oxazole rings is 1. The Kier molecular flexibility index (Phi) is 5.76. The molecule has 0 saturated carbocycles. The summed E-state index contributed by atoms with van der Waals surface area (Å²) < 4.78 is 11.7. The second-order valence-electron chi connectivity index (χ2n) is 7.11. The van der Waals surface area contributed by atoms with Gasteiger partial charge in [0.25, 0.3) is 0 Å². The molecule has 0 aliphatic carbocycles. The van der Waals surface area contributed by atoms with E-state index in [1.54, 1.807) is 49.5 Å². The molecule has 1 amide bonds. The lowest BCUT2D eigenvalue weighted by molar-refractivity contribution is -0.307. The number of hydrogen-bond donors (Lipinski definition) is 0. The van der Waals surface area contributed by atoms with Crippen LogP contribution in [0.4, 0.5) is 5.69 Å². The number of carbonyl (C=O) groups excluding carboxylic acids is 2. The average Bonchev–Trinajstić information content (AvgIpc) is 3.12. The van der Waals surface area contributed by atoms with Crippen LogP contribution in [0.15, 0.2) is 82.0 Å². The highest BCUT2D eigenvalue weighted by Gasteiger charge is 2.17. The van der Waals surface area contributed by atoms with Crippen molar-refractivity contribution < 1.29 is 23.8 Å². The summed E-state index contributed by atoms with van der Waals surface area (Å²) in [7, 11) is 1.65. The summed E-state index contributed by atoms with van der Waals surface area (Å²) in [6, 6.07) is 21.2. The van der Waals surface area contributed by atoms with Gasteiger partial charge in [0.1, 0.15) is 18.9 Å². The Morgan fingerprint density at radius 2 is 1.69 bits per heavy atom. The van der Waals surface area contributed by atoms with Crippen molar-refractivity contribution in [3.8, 4) is 16.9 Å². The molecule has 162 valence electrons. The van der Waals surface area contributed by atoms with E-state index in [4.69, 9.17) is 9.15 Å². The maximum absolute atomic E-state index is 12.8. The summed E-state index contributed by atoms with van der Waals surface area (Å²) in [6.07, 6.45) is 0. The van der Waals surface area contributed by atoms with E-state index >= 15 is 0 Å². The maximum Gasteiger partial charge on any atom is 0.420 e. The van der Waals surface area contributed by atoms with Crippen LogP contribution < -0.4 is 20.5 Å². The van der Waals surface area contributed by atoms with Gasteiger partial charge < -0.3 is 24.0 Å². The lowest BCUT2D eigenvalue weighted by Gasteiger charge is -2.17. The van der Waals surface area contributed by atoms with Crippen molar-refractivity contribution in [1.82, 2.24) is 4.57 Å². The fourth-order valence-corrected chi connectivity index (χ4v) is 3.31. The summed E-state index contributed by atoms with van der Waals surface area (Å²) in [4.78, 5) is 37.2. The van der Waals surface area contributed by atoms with E-state index in [1.807, 2.05) is 30.3 Å². The van der Waals surface area contributed by atoms with Crippen LogP contribution in [-0.2, 0) is 16.1 Å². The van der Waals surface area contributed by atoms with Gasteiger partial charge in [-0.1, -0.05) is 36.4 Å². The molecule has 0 aliphatic rings. The Bertz CT molecular complexity index is 1320. The highest BCUT2D eigenvalue weighted by Crippen LogP contribution is 2.26. The number of hydrogen-bond acceptors (Lipinski definition) is 6. The third kappa shape index (κ3) is 4.39. The summed E-state index contributed by atoms with van der Waals surface area (Å²) >= 11 is 0. The molecule has 0 aliphatic heterocycles. The minimum Gasteiger partial charge on any atom is -0.546 e. The monoisotopic (exact) mass is 431 g/mol. The third-order valence-corrected chi connectivity index (χ3v) is 5.02. The van der Waals surface area contributed by atoms with Gasteiger partial charge in [-0.3, -0.25) is 9.36 Å². The molecular formula is C24H19N2O6-. The van der Waals surface area contributed by atoms with Gasteiger partial charge in [0.15, 0.2) is 5.58 Å². The molecule has 1 aromatic heterocycles. The summed E-state index contributed by atoms with van der Waals surface area (Å²) in [5, 5.41) is 10.5. The normalized spacial score (nSPS) is 10.8. The molecule has 0 N–H and O–H groups in total. The first kappa shape index (κ1) is 20.9. The molecule has 0 fully saturated rings. The number of fused-ring (bicyclic) bond motifs is 1. The molecule has 0 spiro atoms. The van der Waals surface area contributed by atoms with Gasteiger partial charge >= 0.3 is 5.76 Å². The van der Waals surface area contributed by atoms with Gasteiger partial charge in [-0.25, -0.2) is 4.79 Å². The predicted molar refractivity (Wildman–Crippen MR) is 116 cm³/mol. The molecule has 0 bridgehead atoms. The zero-order chi connectivity index (χ0) is 22.7. The summed E-state index contributed by atoms with van der Waals surface area (Å²) in [5.74, 6) is -1.78. The first-order valence-corrected chi connectivity index (χ1v) is 9.80. The number of anilines is 1. The van der Waals surface area contributed by atoms with E-state index in [0.29, 0.717) is 16.8 Å². The Balaban J connectivity index is 1.60. The first-order chi connectivity index (χ1) is 15.4. The van der Waals surface area contributed by atoms with E-state index in [2.05, 4.69) is 0 Å². The fourth-order valence-electron chi connectivity index (χ4n) is 3.31. The first-order valence-electron chi connectivity index (χ1n) is 9.80. The topological polar surface area (TPSA) is 105 Å². The van der Waals surface area contributed by atoms with Crippen molar-refractivity contribution >= 4 is 28.7 Å². The minimum atomic E-state index is -1.30. The smallest absolute Gasteiger partial charge is 0.420 e. The summed E-state index contributed by atoms with van der Waals surface area (Å²) in [5.41, 5.74) is 3.21. The predicted octanol–water partition coefficient (Wildman–Crippen LogP) is 2.05. The highest BCUT2D eigenvalue weighted by molar-refractivity contribution is 5.93. The quantitative estimate of drug-likeness (QED) is 0.444. The van der Waals surface area contributed by atoms with E-state index in [9.17, 15) is 19.5 Å². The number of aliphatic carboxylic acids is 1. The summed E-state index contributed by atoms with van der Waals surface area (Å²) in [6.45, 7) is -0.700. The Morgan fingerprint density at radius 1 is 1.00 bits per heavy atom. The van der Waals surface area contributed by atoms with Crippen LogP contribution in [0.3, 0.4) is 0 Å². The SMILES string of the molecule is CN(C(=O)Cn1c(=O)oc2ccc(-c3ccc(OCC(=O)[O-])cc3)cc21)c1ccccc1. The number of carboxylic acid groups (broad SMARTS) is 1. The van der Waals surface area contributed by atoms with Gasteiger partial charge in [-0.05, 0) is 47.5 Å². The van der Waals surface area contributed by atoms with Crippen molar-refractivity contribution in [1.29, 1.82) is 0 Å². The maximum atomic E-state index is 12.8. The zero-order valence-corrected chi connectivity index (χ0v) is 17.2. The number of carbonyl (C=O) groups is 2. The van der Waals surface area contributed by atoms with Gasteiger partial charge in [0.05, 0.1) is 11.5 Å². The number of para-hydroxylation sites is 1. The van der Waals surface area contributed by atoms with Crippen molar-refractivity contribution in [2.75, 3.05) is 18.6 Å². The molecule has 0 radical (unpaired) electrons. The number of ether oxygens (including phenoxy) is 1. The highest BCUT2D eigenvalue weighted by atomic mass is 16.5. The molecule has 0 unspecified atom stereocenters. The van der Waals surface area contributed by atoms with E-state index in [-0.39, 0.29) is 12.5 Å². The minimum absolute atomic E-state index is 0.170. The number of likely N-dealkylation sites (N-methyl/N-ethyl adjacent to an activating group) is 1. The molecule has 8 nitrogen and oxygen atoms in total. The van der Waals surface area contributed by atoms with Crippen LogP contribution in [0, 0.1) is 0 Å². The second-order valence-corrected chi connectivity index (χ2v) is 7.11. The zero-order valence-electron chi connectivity index (χ0n) is 17.2. The van der Waals surface area contributed by atoms with Crippen molar-refractivity contribution in [2.24, 2.45) is 0 Å². The lowest BCUT2D eigenvalue weighted by Crippen LogP contribution is -2.32. The molecule has 32 heavy (non-hydrogen) atoms. The van der Waals surface area contributed by atoms with Gasteiger partial charge in [0.2, 0.25) is 5.91 Å². The Labute approximate surface area is 182 Å². The van der Waals surface area contributed by atoms with Crippen LogP contribution >= 0.6 is 0 Å². The molecule has 4 aromatic rings. The van der Waals surface area contributed by atoms with E-state index < -0.39 is 18.3 Å². The Morgan fingerprint density at radius 3 is 2.38 bits per heavy atom. The largest absolute Gasteiger partial charge is 0.546 e. The molecule has 0 saturated heterocycles. The van der Waals surface area contributed by atoms with Crippen LogP contribution in [-0.4, -0.2) is 30.1 Å². The molecular weight excluding hydrogens is 412 g/mol. The number of rotatable bonds is 7. The second kappa shape index (κ2) is 8.81. The van der Waals surface area contributed by atoms with E-state index in [0.717, 1.165) is 16.8 Å². The molecule has 1 heterocycles. The molecule has 0 atom stereocenters. The molecule has 8 heteroatoms. The number of nitrogens with zero attached hydrogens (tertiary/aromatic N) is 2. The van der Waals surface area contributed by atoms with Crippen LogP contribution in [0.5, 0.6) is 5.75 Å². The van der Waals surface area contributed by atoms with Gasteiger partial charge in [-0.15, -0.1) is 0 Å². The standard InChI is InChI=1S/C24H20N2O6/c1-25(18-5-3-2-4-6-18)22(27)14-26-20-13-17(9-12-21(20)32-24(26)30)16-7-10-19(11-8-16)31-15-23(28)29/h2-13H,14-15H2,1H3,(H,28,29)/p-1. The molecule has 4 rings (SSSR count). The van der Waals surface area contributed by atoms with Gasteiger partial charge in [-0.2, -0.15) is 0 Å². The molecule has 3 aromatic carbocycles. The van der Waals surface area contributed by atoms with Crippen LogP contribution in [0.25, 0.3) is 22.2 Å². The number of carboxylic acids is 1. The average molecular weight is 431 g/mol.